The van der Waals surface area contributed by atoms with Crippen molar-refractivity contribution in [3.8, 4) is 0 Å². The van der Waals surface area contributed by atoms with E-state index >= 15 is 0 Å². The number of hydrogen-bond acceptors (Lipinski definition) is 0. The molecule has 0 aromatic heterocycles. The first-order chi connectivity index (χ1) is 0. The van der Waals surface area contributed by atoms with Gasteiger partial charge in [-0.25, -0.2) is 0 Å². The minimum atomic E-state index is 0. The Balaban J connectivity index is 0. The summed E-state index contributed by atoms with van der Waals surface area (Å²) < 4.78 is 0. The van der Waals surface area contributed by atoms with E-state index in [1.165, 1.54) is 0 Å². The molecule has 4 heavy (non-hydrogen) atoms. The quantitative estimate of drug-likeness (QED) is 0.360. The van der Waals surface area contributed by atoms with Gasteiger partial charge in [-0.05, 0) is 0 Å². The van der Waals surface area contributed by atoms with Crippen LogP contribution < -0.4 is 0 Å². The van der Waals surface area contributed by atoms with Crippen LogP contribution in [0, 0.1) is 0 Å². The monoisotopic (exact) mass is 71.0 g/mol. The van der Waals surface area contributed by atoms with Crippen molar-refractivity contribution in [1.29, 1.82) is 0 Å². The van der Waals surface area contributed by atoms with E-state index in [0.29, 0.717) is 0 Å². The number of rotatable bonds is 0. The van der Waals surface area contributed by atoms with Crippen LogP contribution >= 0.6 is 0 Å². The van der Waals surface area contributed by atoms with E-state index in [-0.39, 0.29) is 27.1 Å². The van der Waals surface area contributed by atoms with E-state index < -0.39 is 0 Å². The predicted octanol–water partition coefficient (Wildman–Crippen LogP) is 0.302. The van der Waals surface area contributed by atoms with Crippen molar-refractivity contribution >= 4 is 10.1 Å². The third kappa shape index (κ3) is 1060. The Labute approximate surface area is 28.5 Å². The molecule has 0 aliphatic heterocycles. The molecule has 0 aliphatic carbocycles. The van der Waals surface area contributed by atoms with Gasteiger partial charge in [0.05, 0.1) is 0 Å². The van der Waals surface area contributed by atoms with Crippen LogP contribution in [-0.4, -0.2) is 10.1 Å². The minimum absolute atomic E-state index is 0. The summed E-state index contributed by atoms with van der Waals surface area (Å²) in [6.07, 6.45) is 0. The molecule has 0 rings (SSSR count). The van der Waals surface area contributed by atoms with Crippen molar-refractivity contribution in [1.82, 2.24) is 0 Å². The van der Waals surface area contributed by atoms with Crippen molar-refractivity contribution in [3.63, 3.8) is 0 Å². The minimum Gasteiger partial charge on any atom is -1.00 e. The molecule has 0 saturated heterocycles. The molecule has 0 fully saturated rings. The molecule has 0 heterocycles. The molecule has 0 aromatic rings. The zero-order chi connectivity index (χ0) is 0. The second-order valence-corrected chi connectivity index (χ2v) is 0. The Morgan fingerprint density at radius 1 is 0.750 bits per heavy atom. The molecule has 0 radical (unpaired) electrons. The molecule has 0 bridgehead atoms. The van der Waals surface area contributed by atoms with Crippen LogP contribution in [0.1, 0.15) is 2.85 Å². The molecule has 0 nitrogen and oxygen atoms in total. The van der Waals surface area contributed by atoms with Gasteiger partial charge >= 0.3 is 10.1 Å². The van der Waals surface area contributed by atoms with E-state index in [1.54, 1.807) is 0 Å². The Morgan fingerprint density at radius 3 is 0.750 bits per heavy atom. The average Bonchev–Trinajstić information content (AvgIpc) is 0. The molecule has 0 atom stereocenters. The standard InChI is InChI=1S/Be.3FH.2H/h;3*1H;;/q+2;;;;2*-1. The van der Waals surface area contributed by atoms with E-state index in [0.717, 1.165) is 0 Å². The van der Waals surface area contributed by atoms with Gasteiger partial charge in [0, 0.05) is 0 Å². The van der Waals surface area contributed by atoms with E-state index in [9.17, 15) is 0 Å². The maximum Gasteiger partial charge on any atom is 2.00 e. The average molecular weight is 71.0 g/mol. The van der Waals surface area contributed by atoms with Crippen LogP contribution in [0.25, 0.3) is 0 Å². The van der Waals surface area contributed by atoms with E-state index in [1.807, 2.05) is 0 Å². The summed E-state index contributed by atoms with van der Waals surface area (Å²) in [6.45, 7) is 0. The summed E-state index contributed by atoms with van der Waals surface area (Å²) in [5.41, 5.74) is 0. The van der Waals surface area contributed by atoms with Crippen molar-refractivity contribution in [2.24, 2.45) is 0 Å². The third-order valence-electron chi connectivity index (χ3n) is 0. The van der Waals surface area contributed by atoms with E-state index in [4.69, 9.17) is 0 Å². The second-order valence-electron chi connectivity index (χ2n) is 0. The summed E-state index contributed by atoms with van der Waals surface area (Å²) in [5, 5.41) is 0. The predicted molar refractivity (Wildman–Crippen MR) is 15.5 cm³/mol. The van der Waals surface area contributed by atoms with Crippen LogP contribution in [0.4, 0.5) is 14.1 Å². The van der Waals surface area contributed by atoms with E-state index in [2.05, 4.69) is 0 Å². The summed E-state index contributed by atoms with van der Waals surface area (Å²) >= 11 is 0. The van der Waals surface area contributed by atoms with Crippen molar-refractivity contribution in [3.05, 3.63) is 0 Å². The third-order valence-corrected chi connectivity index (χ3v) is 0. The van der Waals surface area contributed by atoms with Crippen LogP contribution in [0.3, 0.4) is 0 Å². The summed E-state index contributed by atoms with van der Waals surface area (Å²) in [7, 11) is 0. The molecule has 0 spiro atoms. The number of halogens is 3. The molecular formula is H5BeF3. The molecule has 0 unspecified atom stereocenters. The first-order valence-corrected chi connectivity index (χ1v) is 0. The van der Waals surface area contributed by atoms with Gasteiger partial charge in [-0.2, -0.15) is 0 Å². The summed E-state index contributed by atoms with van der Waals surface area (Å²) in [5.74, 6) is 0. The van der Waals surface area contributed by atoms with Gasteiger partial charge in [0.1, 0.15) is 0 Å². The van der Waals surface area contributed by atoms with Crippen molar-refractivity contribution < 1.29 is 17.0 Å². The molecule has 0 aliphatic rings. The molecule has 0 N–H and O–H groups in total. The van der Waals surface area contributed by atoms with Crippen molar-refractivity contribution in [2.45, 2.75) is 0 Å². The largest absolute Gasteiger partial charge is 2.00 e. The normalized spacial score (nSPS) is 0. The van der Waals surface area contributed by atoms with Crippen LogP contribution in [0.2, 0.25) is 0 Å². The fourth-order valence-electron chi connectivity index (χ4n) is 0. The summed E-state index contributed by atoms with van der Waals surface area (Å²) in [6, 6.07) is 0. The maximum atomic E-state index is 0. The van der Waals surface area contributed by atoms with Gasteiger partial charge in [0.15, 0.2) is 0 Å². The topological polar surface area (TPSA) is 0 Å². The fourth-order valence-corrected chi connectivity index (χ4v) is 0. The smallest absolute Gasteiger partial charge is 1.00 e. The van der Waals surface area contributed by atoms with Gasteiger partial charge in [-0.1, -0.05) is 0 Å². The second kappa shape index (κ2) is 6700. The molecule has 0 aromatic carbocycles. The molecular weight excluding hydrogens is 66.0 g/mol. The maximum absolute atomic E-state index is 0. The number of hydrogen-bond donors (Lipinski definition) is 0. The van der Waals surface area contributed by atoms with Crippen LogP contribution in [-0.2, 0) is 0 Å². The molecule has 0 amide bonds. The van der Waals surface area contributed by atoms with Gasteiger partial charge in [0.2, 0.25) is 0 Å². The molecule has 28 valence electrons. The van der Waals surface area contributed by atoms with Gasteiger partial charge in [-0.15, -0.1) is 0 Å². The fraction of sp³-hybridized carbons (Fsp3) is 0. The Hall–Kier alpha value is -0.0412. The molecule has 0 saturated carbocycles. The van der Waals surface area contributed by atoms with Crippen LogP contribution in [0.5, 0.6) is 0 Å². The summed E-state index contributed by atoms with van der Waals surface area (Å²) in [4.78, 5) is 0. The first kappa shape index (κ1) is 20400. The van der Waals surface area contributed by atoms with Gasteiger partial charge in [0.25, 0.3) is 0 Å². The Bertz CT molecular complexity index is 8.75. The molecule has 4 heteroatoms. The Kier molecular flexibility index (Phi) is 34200000. The van der Waals surface area contributed by atoms with Gasteiger partial charge in [-0.3, -0.25) is 14.1 Å². The first-order valence-electron chi connectivity index (χ1n) is 0. The Morgan fingerprint density at radius 2 is 0.750 bits per heavy atom. The SMILES string of the molecule is F.F.F.[Be+2].[H-].[H-]. The van der Waals surface area contributed by atoms with Gasteiger partial charge < -0.3 is 2.85 Å². The van der Waals surface area contributed by atoms with Crippen molar-refractivity contribution in [2.75, 3.05) is 0 Å². The zero-order valence-electron chi connectivity index (χ0n) is 3.93. The zero-order valence-corrected chi connectivity index (χ0v) is 1.93. The van der Waals surface area contributed by atoms with Crippen LogP contribution in [0.15, 0.2) is 0 Å².